The van der Waals surface area contributed by atoms with Crippen LogP contribution in [0.25, 0.3) is 0 Å². The van der Waals surface area contributed by atoms with Gasteiger partial charge in [0.1, 0.15) is 0 Å². The lowest BCUT2D eigenvalue weighted by Crippen LogP contribution is -2.19. The molecule has 0 saturated heterocycles. The molecule has 0 saturated carbocycles. The summed E-state index contributed by atoms with van der Waals surface area (Å²) in [5.74, 6) is 0. The Kier molecular flexibility index (Phi) is 4.29. The number of benzene rings is 2. The molecule has 6 heteroatoms. The van der Waals surface area contributed by atoms with Gasteiger partial charge < -0.3 is 16.4 Å². The molecule has 0 aromatic heterocycles. The Labute approximate surface area is 124 Å². The molecule has 0 fully saturated rings. The van der Waals surface area contributed by atoms with Crippen LogP contribution in [0.15, 0.2) is 46.9 Å². The third-order valence-corrected chi connectivity index (χ3v) is 3.15. The number of nitrogens with two attached hydrogens (primary N) is 1. The lowest BCUT2D eigenvalue weighted by atomic mass is 10.3. The molecule has 0 aliphatic rings. The summed E-state index contributed by atoms with van der Waals surface area (Å²) in [6.07, 6.45) is 0. The van der Waals surface area contributed by atoms with Crippen LogP contribution in [-0.2, 0) is 0 Å². The van der Waals surface area contributed by atoms with E-state index in [2.05, 4.69) is 26.6 Å². The highest BCUT2D eigenvalue weighted by Gasteiger charge is 2.06. The van der Waals surface area contributed by atoms with Crippen LogP contribution >= 0.6 is 27.5 Å². The Bertz CT molecular complexity index is 601. The SMILES string of the molecule is Nc1ccc(NC(=O)Nc2ccc(Br)cc2Cl)cc1. The van der Waals surface area contributed by atoms with Crippen molar-refractivity contribution in [2.45, 2.75) is 0 Å². The molecule has 0 spiro atoms. The molecule has 4 nitrogen and oxygen atoms in total. The van der Waals surface area contributed by atoms with Crippen molar-refractivity contribution < 1.29 is 4.79 Å². The first-order valence-electron chi connectivity index (χ1n) is 5.43. The second-order valence-corrected chi connectivity index (χ2v) is 5.15. The van der Waals surface area contributed by atoms with E-state index < -0.39 is 0 Å². The van der Waals surface area contributed by atoms with E-state index in [1.165, 1.54) is 0 Å². The van der Waals surface area contributed by atoms with Crippen LogP contribution in [-0.4, -0.2) is 6.03 Å². The Morgan fingerprint density at radius 1 is 1.11 bits per heavy atom. The van der Waals surface area contributed by atoms with Crippen molar-refractivity contribution in [3.63, 3.8) is 0 Å². The fraction of sp³-hybridized carbons (Fsp3) is 0. The van der Waals surface area contributed by atoms with Crippen LogP contribution in [0.5, 0.6) is 0 Å². The highest BCUT2D eigenvalue weighted by Crippen LogP contribution is 2.25. The zero-order chi connectivity index (χ0) is 13.8. The number of carbonyl (C=O) groups is 1. The number of halogens is 2. The number of hydrogen-bond donors (Lipinski definition) is 3. The van der Waals surface area contributed by atoms with Crippen LogP contribution < -0.4 is 16.4 Å². The van der Waals surface area contributed by atoms with Crippen molar-refractivity contribution in [3.05, 3.63) is 52.0 Å². The Morgan fingerprint density at radius 2 is 1.79 bits per heavy atom. The summed E-state index contributed by atoms with van der Waals surface area (Å²) < 4.78 is 0.849. The average Bonchev–Trinajstić information content (AvgIpc) is 2.36. The van der Waals surface area contributed by atoms with Crippen LogP contribution in [0.3, 0.4) is 0 Å². The van der Waals surface area contributed by atoms with Crippen LogP contribution in [0.2, 0.25) is 5.02 Å². The molecule has 2 aromatic carbocycles. The molecular formula is C13H11BrClN3O. The van der Waals surface area contributed by atoms with E-state index in [0.29, 0.717) is 22.1 Å². The highest BCUT2D eigenvalue weighted by atomic mass is 79.9. The lowest BCUT2D eigenvalue weighted by Gasteiger charge is -2.09. The fourth-order valence-corrected chi connectivity index (χ4v) is 2.16. The number of nitrogen functional groups attached to an aromatic ring is 1. The predicted molar refractivity (Wildman–Crippen MR) is 82.6 cm³/mol. The van der Waals surface area contributed by atoms with Gasteiger partial charge in [0.05, 0.1) is 10.7 Å². The molecule has 2 aromatic rings. The van der Waals surface area contributed by atoms with Gasteiger partial charge in [0, 0.05) is 15.8 Å². The standard InChI is InChI=1S/C13H11BrClN3O/c14-8-1-6-12(11(15)7-8)18-13(19)17-10-4-2-9(16)3-5-10/h1-7H,16H2,(H2,17,18,19). The molecule has 0 atom stereocenters. The van der Waals surface area contributed by atoms with Crippen molar-refractivity contribution in [1.82, 2.24) is 0 Å². The summed E-state index contributed by atoms with van der Waals surface area (Å²) in [6.45, 7) is 0. The van der Waals surface area contributed by atoms with Gasteiger partial charge in [-0.3, -0.25) is 0 Å². The predicted octanol–water partition coefficient (Wildman–Crippen LogP) is 4.33. The van der Waals surface area contributed by atoms with Gasteiger partial charge in [-0.2, -0.15) is 0 Å². The third-order valence-electron chi connectivity index (χ3n) is 2.35. The molecule has 0 heterocycles. The van der Waals surface area contributed by atoms with Crippen LogP contribution in [0.1, 0.15) is 0 Å². The summed E-state index contributed by atoms with van der Waals surface area (Å²) in [5.41, 5.74) is 7.40. The molecule has 4 N–H and O–H groups in total. The lowest BCUT2D eigenvalue weighted by molar-refractivity contribution is 0.262. The van der Waals surface area contributed by atoms with Crippen LogP contribution in [0.4, 0.5) is 21.9 Å². The molecule has 19 heavy (non-hydrogen) atoms. The fourth-order valence-electron chi connectivity index (χ4n) is 1.44. The number of anilines is 3. The summed E-state index contributed by atoms with van der Waals surface area (Å²) >= 11 is 9.31. The van der Waals surface area contributed by atoms with Gasteiger partial charge in [-0.05, 0) is 42.5 Å². The van der Waals surface area contributed by atoms with Crippen molar-refractivity contribution in [2.24, 2.45) is 0 Å². The first-order valence-corrected chi connectivity index (χ1v) is 6.60. The largest absolute Gasteiger partial charge is 0.399 e. The van der Waals surface area contributed by atoms with Gasteiger partial charge >= 0.3 is 6.03 Å². The number of carbonyl (C=O) groups excluding carboxylic acids is 1. The number of rotatable bonds is 2. The quantitative estimate of drug-likeness (QED) is 0.712. The average molecular weight is 341 g/mol. The Morgan fingerprint density at radius 3 is 2.42 bits per heavy atom. The van der Waals surface area contributed by atoms with E-state index in [4.69, 9.17) is 17.3 Å². The van der Waals surface area contributed by atoms with E-state index in [1.54, 1.807) is 42.5 Å². The Balaban J connectivity index is 2.03. The second-order valence-electron chi connectivity index (χ2n) is 3.83. The summed E-state index contributed by atoms with van der Waals surface area (Å²) in [5, 5.41) is 5.81. The van der Waals surface area contributed by atoms with E-state index >= 15 is 0 Å². The second kappa shape index (κ2) is 5.95. The topological polar surface area (TPSA) is 67.1 Å². The van der Waals surface area contributed by atoms with Gasteiger partial charge in [0.25, 0.3) is 0 Å². The molecular weight excluding hydrogens is 330 g/mol. The third kappa shape index (κ3) is 3.87. The van der Waals surface area contributed by atoms with Crippen molar-refractivity contribution in [2.75, 3.05) is 16.4 Å². The van der Waals surface area contributed by atoms with E-state index in [0.717, 1.165) is 4.47 Å². The molecule has 0 aliphatic carbocycles. The summed E-state index contributed by atoms with van der Waals surface area (Å²) in [6, 6.07) is 11.7. The monoisotopic (exact) mass is 339 g/mol. The van der Waals surface area contributed by atoms with Crippen molar-refractivity contribution in [3.8, 4) is 0 Å². The summed E-state index contributed by atoms with van der Waals surface area (Å²) in [7, 11) is 0. The molecule has 0 radical (unpaired) electrons. The number of amides is 2. The minimum absolute atomic E-state index is 0.367. The van der Waals surface area contributed by atoms with Gasteiger partial charge in [-0.1, -0.05) is 27.5 Å². The van der Waals surface area contributed by atoms with Crippen LogP contribution in [0, 0.1) is 0 Å². The first kappa shape index (κ1) is 13.7. The normalized spacial score (nSPS) is 10.0. The first-order chi connectivity index (χ1) is 9.04. The number of urea groups is 1. The molecule has 2 rings (SSSR count). The van der Waals surface area contributed by atoms with Gasteiger partial charge in [0.2, 0.25) is 0 Å². The highest BCUT2D eigenvalue weighted by molar-refractivity contribution is 9.10. The van der Waals surface area contributed by atoms with E-state index in [9.17, 15) is 4.79 Å². The minimum atomic E-state index is -0.367. The number of hydrogen-bond acceptors (Lipinski definition) is 2. The summed E-state index contributed by atoms with van der Waals surface area (Å²) in [4.78, 5) is 11.8. The van der Waals surface area contributed by atoms with Crippen molar-refractivity contribution in [1.29, 1.82) is 0 Å². The zero-order valence-electron chi connectivity index (χ0n) is 9.78. The van der Waals surface area contributed by atoms with E-state index in [1.807, 2.05) is 0 Å². The van der Waals surface area contributed by atoms with Gasteiger partial charge in [-0.25, -0.2) is 4.79 Å². The Hall–Kier alpha value is -1.72. The molecule has 2 amide bonds. The van der Waals surface area contributed by atoms with Crippen molar-refractivity contribution >= 4 is 50.6 Å². The molecule has 0 aliphatic heterocycles. The maximum absolute atomic E-state index is 11.8. The van der Waals surface area contributed by atoms with Gasteiger partial charge in [0.15, 0.2) is 0 Å². The minimum Gasteiger partial charge on any atom is -0.399 e. The molecule has 0 unspecified atom stereocenters. The molecule has 0 bridgehead atoms. The van der Waals surface area contributed by atoms with Gasteiger partial charge in [-0.15, -0.1) is 0 Å². The maximum atomic E-state index is 11.8. The number of nitrogens with one attached hydrogen (secondary N) is 2. The zero-order valence-corrected chi connectivity index (χ0v) is 12.1. The maximum Gasteiger partial charge on any atom is 0.323 e. The van der Waals surface area contributed by atoms with E-state index in [-0.39, 0.29) is 6.03 Å². The smallest absolute Gasteiger partial charge is 0.323 e. The molecule has 98 valence electrons.